The fraction of sp³-hybridized carbons (Fsp3) is 0.750. The van der Waals surface area contributed by atoms with Gasteiger partial charge in [-0.05, 0) is 13.5 Å². The summed E-state index contributed by atoms with van der Waals surface area (Å²) in [5.41, 5.74) is 0. The summed E-state index contributed by atoms with van der Waals surface area (Å²) in [5.74, 6) is 0. The molecule has 1 heterocycles. The van der Waals surface area contributed by atoms with Gasteiger partial charge in [0.15, 0.2) is 0 Å². The lowest BCUT2D eigenvalue weighted by molar-refractivity contribution is 0.111. The summed E-state index contributed by atoms with van der Waals surface area (Å²) >= 11 is 0. The number of nitrogens with zero attached hydrogens (tertiary/aromatic N) is 1. The van der Waals surface area contributed by atoms with Crippen LogP contribution in [0.1, 0.15) is 6.42 Å². The van der Waals surface area contributed by atoms with Crippen LogP contribution in [0.2, 0.25) is 0 Å². The van der Waals surface area contributed by atoms with Gasteiger partial charge in [0.2, 0.25) is 0 Å². The highest BCUT2D eigenvalue weighted by Crippen LogP contribution is 2.17. The minimum Gasteiger partial charge on any atom is -0.380 e. The summed E-state index contributed by atoms with van der Waals surface area (Å²) in [5, 5.41) is 0. The van der Waals surface area contributed by atoms with Gasteiger partial charge >= 0.3 is 0 Å². The normalized spacial score (nSPS) is 34.6. The number of ether oxygens (including phenoxy) is 1. The van der Waals surface area contributed by atoms with E-state index >= 15 is 0 Å². The van der Waals surface area contributed by atoms with Crippen LogP contribution < -0.4 is 0 Å². The standard InChI is InChI=1S/C8H15NO/c1-4-7-5-8(10-3)6-9(7)2/h4,7-8H,1,5-6H2,2-3H3. The number of rotatable bonds is 2. The molecular weight excluding hydrogens is 126 g/mol. The monoisotopic (exact) mass is 141 g/mol. The number of likely N-dealkylation sites (N-methyl/N-ethyl adjacent to an activating group) is 1. The summed E-state index contributed by atoms with van der Waals surface area (Å²) in [6.45, 7) is 4.80. The molecule has 0 aliphatic carbocycles. The molecule has 0 aromatic carbocycles. The topological polar surface area (TPSA) is 12.5 Å². The largest absolute Gasteiger partial charge is 0.380 e. The first-order valence-electron chi connectivity index (χ1n) is 3.63. The molecule has 10 heavy (non-hydrogen) atoms. The summed E-state index contributed by atoms with van der Waals surface area (Å²) in [4.78, 5) is 2.27. The maximum atomic E-state index is 5.22. The molecule has 0 N–H and O–H groups in total. The van der Waals surface area contributed by atoms with E-state index in [0.717, 1.165) is 13.0 Å². The SMILES string of the molecule is C=CC1CC(OC)CN1C. The third-order valence-corrected chi connectivity index (χ3v) is 2.17. The molecule has 1 aliphatic heterocycles. The van der Waals surface area contributed by atoms with E-state index < -0.39 is 0 Å². The van der Waals surface area contributed by atoms with Crippen LogP contribution in [0.25, 0.3) is 0 Å². The smallest absolute Gasteiger partial charge is 0.0716 e. The average Bonchev–Trinajstić information content (AvgIpc) is 2.30. The molecule has 0 bridgehead atoms. The van der Waals surface area contributed by atoms with E-state index in [-0.39, 0.29) is 0 Å². The number of likely N-dealkylation sites (tertiary alicyclic amines) is 1. The zero-order valence-electron chi connectivity index (χ0n) is 6.71. The van der Waals surface area contributed by atoms with Crippen molar-refractivity contribution in [2.75, 3.05) is 20.7 Å². The Labute approximate surface area is 62.5 Å². The lowest BCUT2D eigenvalue weighted by Crippen LogP contribution is -2.23. The van der Waals surface area contributed by atoms with Gasteiger partial charge in [-0.1, -0.05) is 6.08 Å². The second-order valence-electron chi connectivity index (χ2n) is 2.84. The first-order valence-corrected chi connectivity index (χ1v) is 3.63. The van der Waals surface area contributed by atoms with Crippen LogP contribution in [-0.2, 0) is 4.74 Å². The Morgan fingerprint density at radius 1 is 1.70 bits per heavy atom. The maximum absolute atomic E-state index is 5.22. The predicted molar refractivity (Wildman–Crippen MR) is 42.0 cm³/mol. The van der Waals surface area contributed by atoms with Gasteiger partial charge in [-0.25, -0.2) is 0 Å². The summed E-state index contributed by atoms with van der Waals surface area (Å²) in [6, 6.07) is 0.518. The molecule has 58 valence electrons. The highest BCUT2D eigenvalue weighted by Gasteiger charge is 2.26. The first kappa shape index (κ1) is 7.76. The van der Waals surface area contributed by atoms with Crippen molar-refractivity contribution in [1.29, 1.82) is 0 Å². The molecule has 1 fully saturated rings. The van der Waals surface area contributed by atoms with E-state index in [1.807, 2.05) is 6.08 Å². The Morgan fingerprint density at radius 3 is 2.70 bits per heavy atom. The molecular formula is C8H15NO. The molecule has 0 saturated carbocycles. The van der Waals surface area contributed by atoms with Crippen LogP contribution in [0.15, 0.2) is 12.7 Å². The Hall–Kier alpha value is -0.340. The van der Waals surface area contributed by atoms with Gasteiger partial charge in [0.05, 0.1) is 6.10 Å². The molecule has 0 spiro atoms. The second kappa shape index (κ2) is 3.17. The van der Waals surface area contributed by atoms with Gasteiger partial charge < -0.3 is 4.74 Å². The van der Waals surface area contributed by atoms with Crippen molar-refractivity contribution in [2.24, 2.45) is 0 Å². The van der Waals surface area contributed by atoms with Crippen LogP contribution in [0, 0.1) is 0 Å². The van der Waals surface area contributed by atoms with E-state index in [2.05, 4.69) is 18.5 Å². The van der Waals surface area contributed by atoms with Crippen molar-refractivity contribution in [3.05, 3.63) is 12.7 Å². The van der Waals surface area contributed by atoms with Crippen molar-refractivity contribution >= 4 is 0 Å². The molecule has 0 aromatic rings. The Bertz CT molecular complexity index is 124. The van der Waals surface area contributed by atoms with Crippen LogP contribution in [0.5, 0.6) is 0 Å². The van der Waals surface area contributed by atoms with Crippen LogP contribution in [0.4, 0.5) is 0 Å². The highest BCUT2D eigenvalue weighted by atomic mass is 16.5. The summed E-state index contributed by atoms with van der Waals surface area (Å²) < 4.78 is 5.22. The van der Waals surface area contributed by atoms with E-state index in [1.54, 1.807) is 7.11 Å². The minimum absolute atomic E-state index is 0.410. The van der Waals surface area contributed by atoms with Crippen molar-refractivity contribution in [3.8, 4) is 0 Å². The Morgan fingerprint density at radius 2 is 2.40 bits per heavy atom. The highest BCUT2D eigenvalue weighted by molar-refractivity contribution is 4.94. The molecule has 1 aliphatic rings. The third-order valence-electron chi connectivity index (χ3n) is 2.17. The average molecular weight is 141 g/mol. The molecule has 2 atom stereocenters. The van der Waals surface area contributed by atoms with Crippen molar-refractivity contribution in [1.82, 2.24) is 4.90 Å². The molecule has 1 rings (SSSR count). The molecule has 0 radical (unpaired) electrons. The van der Waals surface area contributed by atoms with Crippen LogP contribution in [-0.4, -0.2) is 37.7 Å². The summed E-state index contributed by atoms with van der Waals surface area (Å²) in [6.07, 6.45) is 3.49. The lowest BCUT2D eigenvalue weighted by atomic mass is 10.2. The first-order chi connectivity index (χ1) is 4.77. The van der Waals surface area contributed by atoms with E-state index in [4.69, 9.17) is 4.74 Å². The minimum atomic E-state index is 0.410. The fourth-order valence-electron chi connectivity index (χ4n) is 1.43. The Balaban J connectivity index is 2.43. The summed E-state index contributed by atoms with van der Waals surface area (Å²) in [7, 11) is 3.87. The zero-order valence-corrected chi connectivity index (χ0v) is 6.71. The molecule has 2 nitrogen and oxygen atoms in total. The van der Waals surface area contributed by atoms with Crippen molar-refractivity contribution in [3.63, 3.8) is 0 Å². The fourth-order valence-corrected chi connectivity index (χ4v) is 1.43. The van der Waals surface area contributed by atoms with Gasteiger partial charge in [0.1, 0.15) is 0 Å². The molecule has 0 aromatic heterocycles. The molecule has 0 amide bonds. The molecule has 1 saturated heterocycles. The third kappa shape index (κ3) is 1.39. The zero-order chi connectivity index (χ0) is 7.56. The molecule has 2 unspecified atom stereocenters. The predicted octanol–water partition coefficient (Wildman–Crippen LogP) is 0.891. The van der Waals surface area contributed by atoms with Crippen LogP contribution in [0.3, 0.4) is 0 Å². The van der Waals surface area contributed by atoms with Crippen LogP contribution >= 0.6 is 0 Å². The Kier molecular flexibility index (Phi) is 2.46. The number of hydrogen-bond donors (Lipinski definition) is 0. The van der Waals surface area contributed by atoms with Gasteiger partial charge in [0, 0.05) is 19.7 Å². The molecule has 2 heteroatoms. The van der Waals surface area contributed by atoms with Gasteiger partial charge in [-0.2, -0.15) is 0 Å². The van der Waals surface area contributed by atoms with Crippen molar-refractivity contribution < 1.29 is 4.74 Å². The maximum Gasteiger partial charge on any atom is 0.0716 e. The van der Waals surface area contributed by atoms with Gasteiger partial charge in [-0.3, -0.25) is 4.90 Å². The van der Waals surface area contributed by atoms with Gasteiger partial charge in [0.25, 0.3) is 0 Å². The van der Waals surface area contributed by atoms with E-state index in [0.29, 0.717) is 12.1 Å². The van der Waals surface area contributed by atoms with E-state index in [1.165, 1.54) is 0 Å². The number of hydrogen-bond acceptors (Lipinski definition) is 2. The van der Waals surface area contributed by atoms with Gasteiger partial charge in [-0.15, -0.1) is 6.58 Å². The van der Waals surface area contributed by atoms with E-state index in [9.17, 15) is 0 Å². The lowest BCUT2D eigenvalue weighted by Gasteiger charge is -2.13. The number of methoxy groups -OCH3 is 1. The quantitative estimate of drug-likeness (QED) is 0.529. The van der Waals surface area contributed by atoms with Crippen molar-refractivity contribution in [2.45, 2.75) is 18.6 Å². The second-order valence-corrected chi connectivity index (χ2v) is 2.84.